The smallest absolute Gasteiger partial charge is 0.159 e. The van der Waals surface area contributed by atoms with E-state index < -0.39 is 0 Å². The maximum absolute atomic E-state index is 10.7. The number of ketones is 1. The number of carbonyl (C=O) groups is 1. The minimum atomic E-state index is 0.0139. The highest BCUT2D eigenvalue weighted by Crippen LogP contribution is 2.09. The molecular formula is C10H14O2. The van der Waals surface area contributed by atoms with Crippen LogP contribution >= 0.6 is 0 Å². The molecule has 1 N–H and O–H groups in total. The van der Waals surface area contributed by atoms with E-state index in [1.807, 2.05) is 13.8 Å². The molecule has 1 aromatic rings. The minimum absolute atomic E-state index is 0.0139. The Hall–Kier alpha value is -1.31. The number of carbonyl (C=O) groups excluding carboxylic acids is 1. The predicted molar refractivity (Wildman–Crippen MR) is 49.5 cm³/mol. The number of aromatic hydroxyl groups is 1. The molecular weight excluding hydrogens is 152 g/mol. The van der Waals surface area contributed by atoms with E-state index in [1.165, 1.54) is 19.1 Å². The van der Waals surface area contributed by atoms with Crippen molar-refractivity contribution < 1.29 is 9.90 Å². The molecule has 1 rings (SSSR count). The van der Waals surface area contributed by atoms with Crippen LogP contribution < -0.4 is 0 Å². The number of benzene rings is 1. The van der Waals surface area contributed by atoms with Crippen LogP contribution in [0.25, 0.3) is 0 Å². The highest BCUT2D eigenvalue weighted by molar-refractivity contribution is 5.94. The monoisotopic (exact) mass is 166 g/mol. The van der Waals surface area contributed by atoms with Crippen molar-refractivity contribution in [2.75, 3.05) is 0 Å². The predicted octanol–water partition coefficient (Wildman–Crippen LogP) is 2.62. The van der Waals surface area contributed by atoms with Crippen LogP contribution in [0.5, 0.6) is 5.75 Å². The van der Waals surface area contributed by atoms with Gasteiger partial charge < -0.3 is 5.11 Å². The van der Waals surface area contributed by atoms with Gasteiger partial charge in [0, 0.05) is 5.56 Å². The van der Waals surface area contributed by atoms with E-state index in [-0.39, 0.29) is 11.5 Å². The van der Waals surface area contributed by atoms with E-state index in [9.17, 15) is 4.79 Å². The molecule has 0 atom stereocenters. The molecule has 2 nitrogen and oxygen atoms in total. The van der Waals surface area contributed by atoms with Crippen molar-refractivity contribution in [3.8, 4) is 5.75 Å². The Balaban J connectivity index is 0.000000561. The maximum Gasteiger partial charge on any atom is 0.159 e. The summed E-state index contributed by atoms with van der Waals surface area (Å²) < 4.78 is 0. The molecule has 0 saturated heterocycles. The summed E-state index contributed by atoms with van der Waals surface area (Å²) in [5.74, 6) is 0.199. The van der Waals surface area contributed by atoms with E-state index >= 15 is 0 Å². The first-order chi connectivity index (χ1) is 5.70. The van der Waals surface area contributed by atoms with Crippen molar-refractivity contribution in [3.05, 3.63) is 29.8 Å². The van der Waals surface area contributed by atoms with Gasteiger partial charge in [0.2, 0.25) is 0 Å². The zero-order valence-electron chi connectivity index (χ0n) is 7.66. The first kappa shape index (κ1) is 10.7. The third-order valence-corrected chi connectivity index (χ3v) is 1.27. The van der Waals surface area contributed by atoms with E-state index in [1.54, 1.807) is 12.1 Å². The highest BCUT2D eigenvalue weighted by Gasteiger charge is 1.96. The third kappa shape index (κ3) is 3.19. The lowest BCUT2D eigenvalue weighted by molar-refractivity contribution is 0.101. The molecule has 0 spiro atoms. The molecule has 0 unspecified atom stereocenters. The van der Waals surface area contributed by atoms with Gasteiger partial charge in [0.05, 0.1) is 0 Å². The molecule has 0 heterocycles. The number of hydrogen-bond donors (Lipinski definition) is 1. The van der Waals surface area contributed by atoms with Crippen LogP contribution in [-0.2, 0) is 0 Å². The lowest BCUT2D eigenvalue weighted by Crippen LogP contribution is -1.89. The molecule has 0 aliphatic carbocycles. The molecule has 66 valence electrons. The van der Waals surface area contributed by atoms with Gasteiger partial charge in [-0.05, 0) is 31.2 Å². The molecule has 0 amide bonds. The van der Waals surface area contributed by atoms with Crippen LogP contribution in [0.3, 0.4) is 0 Å². The Kier molecular flexibility index (Phi) is 4.77. The second kappa shape index (κ2) is 5.35. The summed E-state index contributed by atoms with van der Waals surface area (Å²) in [5, 5.41) is 8.83. The van der Waals surface area contributed by atoms with Crippen molar-refractivity contribution in [2.24, 2.45) is 0 Å². The average Bonchev–Trinajstić information content (AvgIpc) is 2.09. The van der Waals surface area contributed by atoms with Gasteiger partial charge in [-0.25, -0.2) is 0 Å². The van der Waals surface area contributed by atoms with Crippen LogP contribution in [-0.4, -0.2) is 10.9 Å². The molecule has 2 heteroatoms. The van der Waals surface area contributed by atoms with Gasteiger partial charge in [-0.15, -0.1) is 0 Å². The topological polar surface area (TPSA) is 37.3 Å². The molecule has 0 fully saturated rings. The zero-order valence-corrected chi connectivity index (χ0v) is 7.66. The van der Waals surface area contributed by atoms with Crippen LogP contribution in [0.1, 0.15) is 31.1 Å². The summed E-state index contributed by atoms with van der Waals surface area (Å²) in [4.78, 5) is 10.7. The van der Waals surface area contributed by atoms with Crippen LogP contribution in [0.4, 0.5) is 0 Å². The van der Waals surface area contributed by atoms with Gasteiger partial charge >= 0.3 is 0 Å². The van der Waals surface area contributed by atoms with Gasteiger partial charge in [-0.3, -0.25) is 4.79 Å². The Morgan fingerprint density at radius 2 is 1.58 bits per heavy atom. The minimum Gasteiger partial charge on any atom is -0.508 e. The van der Waals surface area contributed by atoms with Crippen molar-refractivity contribution in [1.29, 1.82) is 0 Å². The molecule has 0 bridgehead atoms. The number of Topliss-reactive ketones (excluding diaryl/α,β-unsaturated/α-hetero) is 1. The van der Waals surface area contributed by atoms with E-state index in [0.29, 0.717) is 5.56 Å². The molecule has 1 aromatic carbocycles. The fourth-order valence-electron chi connectivity index (χ4n) is 0.696. The standard InChI is InChI=1S/C8H8O2.C2H6/c1-6(9)7-2-4-8(10)5-3-7;1-2/h2-5,10H,1H3;1-2H3. The third-order valence-electron chi connectivity index (χ3n) is 1.27. The van der Waals surface area contributed by atoms with Crippen molar-refractivity contribution in [3.63, 3.8) is 0 Å². The number of phenolic OH excluding ortho intramolecular Hbond substituents is 1. The van der Waals surface area contributed by atoms with Crippen molar-refractivity contribution in [2.45, 2.75) is 20.8 Å². The number of hydrogen-bond acceptors (Lipinski definition) is 2. The largest absolute Gasteiger partial charge is 0.508 e. The average molecular weight is 166 g/mol. The summed E-state index contributed by atoms with van der Waals surface area (Å²) >= 11 is 0. The number of rotatable bonds is 1. The summed E-state index contributed by atoms with van der Waals surface area (Å²) in [6, 6.07) is 6.18. The number of phenols is 1. The van der Waals surface area contributed by atoms with Crippen LogP contribution in [0.15, 0.2) is 24.3 Å². The van der Waals surface area contributed by atoms with E-state index in [4.69, 9.17) is 5.11 Å². The van der Waals surface area contributed by atoms with Gasteiger partial charge in [-0.1, -0.05) is 13.8 Å². The summed E-state index contributed by atoms with van der Waals surface area (Å²) in [7, 11) is 0. The van der Waals surface area contributed by atoms with Gasteiger partial charge in [-0.2, -0.15) is 0 Å². The Labute approximate surface area is 72.9 Å². The molecule has 12 heavy (non-hydrogen) atoms. The fourth-order valence-corrected chi connectivity index (χ4v) is 0.696. The Morgan fingerprint density at radius 1 is 1.17 bits per heavy atom. The molecule has 0 aliphatic heterocycles. The SMILES string of the molecule is CC.CC(=O)c1ccc(O)cc1. The highest BCUT2D eigenvalue weighted by atomic mass is 16.3. The lowest BCUT2D eigenvalue weighted by atomic mass is 10.1. The van der Waals surface area contributed by atoms with Gasteiger partial charge in [0.25, 0.3) is 0 Å². The molecule has 0 saturated carbocycles. The Bertz CT molecular complexity index is 237. The van der Waals surface area contributed by atoms with Crippen LogP contribution in [0, 0.1) is 0 Å². The zero-order chi connectivity index (χ0) is 9.56. The molecule has 0 radical (unpaired) electrons. The quantitative estimate of drug-likeness (QED) is 0.651. The Morgan fingerprint density at radius 3 is 1.92 bits per heavy atom. The van der Waals surface area contributed by atoms with E-state index in [2.05, 4.69) is 0 Å². The second-order valence-electron chi connectivity index (χ2n) is 2.10. The second-order valence-corrected chi connectivity index (χ2v) is 2.10. The van der Waals surface area contributed by atoms with Gasteiger partial charge in [0.1, 0.15) is 5.75 Å². The van der Waals surface area contributed by atoms with E-state index in [0.717, 1.165) is 0 Å². The van der Waals surface area contributed by atoms with Gasteiger partial charge in [0.15, 0.2) is 5.78 Å². The first-order valence-electron chi connectivity index (χ1n) is 4.00. The molecule has 0 aromatic heterocycles. The first-order valence-corrected chi connectivity index (χ1v) is 4.00. The normalized spacial score (nSPS) is 8.25. The summed E-state index contributed by atoms with van der Waals surface area (Å²) in [6.07, 6.45) is 0. The summed E-state index contributed by atoms with van der Waals surface area (Å²) in [5.41, 5.74) is 0.623. The summed E-state index contributed by atoms with van der Waals surface area (Å²) in [6.45, 7) is 5.49. The van der Waals surface area contributed by atoms with Crippen LogP contribution in [0.2, 0.25) is 0 Å². The molecule has 0 aliphatic rings. The maximum atomic E-state index is 10.7. The lowest BCUT2D eigenvalue weighted by Gasteiger charge is -1.93. The fraction of sp³-hybridized carbons (Fsp3) is 0.300. The van der Waals surface area contributed by atoms with Crippen molar-refractivity contribution in [1.82, 2.24) is 0 Å². The van der Waals surface area contributed by atoms with Crippen molar-refractivity contribution >= 4 is 5.78 Å².